The van der Waals surface area contributed by atoms with Crippen molar-refractivity contribution in [2.45, 2.75) is 52.0 Å². The number of hydrogen-bond donors (Lipinski definition) is 2. The van der Waals surface area contributed by atoms with E-state index in [0.717, 1.165) is 5.56 Å². The molecule has 0 aromatic heterocycles. The van der Waals surface area contributed by atoms with Crippen LogP contribution in [0.2, 0.25) is 5.02 Å². The van der Waals surface area contributed by atoms with Gasteiger partial charge in [-0.15, -0.1) is 0 Å². The van der Waals surface area contributed by atoms with E-state index in [2.05, 4.69) is 16.6 Å². The summed E-state index contributed by atoms with van der Waals surface area (Å²) in [5, 5.41) is 10.00. The van der Waals surface area contributed by atoms with Crippen molar-refractivity contribution < 1.29 is 23.1 Å². The molecule has 0 aliphatic rings. The molecule has 0 aliphatic carbocycles. The Kier molecular flexibility index (Phi) is 8.35. The molecular formula is C24H28ClNO5S. The Labute approximate surface area is 195 Å². The lowest BCUT2D eigenvalue weighted by Crippen LogP contribution is -2.39. The van der Waals surface area contributed by atoms with Crippen molar-refractivity contribution in [3.05, 3.63) is 58.1 Å². The van der Waals surface area contributed by atoms with E-state index in [0.29, 0.717) is 29.1 Å². The average molecular weight is 478 g/mol. The van der Waals surface area contributed by atoms with Crippen molar-refractivity contribution in [3.63, 3.8) is 0 Å². The van der Waals surface area contributed by atoms with Crippen molar-refractivity contribution in [2.75, 3.05) is 6.54 Å². The third-order valence-electron chi connectivity index (χ3n) is 4.59. The molecule has 0 saturated heterocycles. The van der Waals surface area contributed by atoms with E-state index in [1.807, 2.05) is 13.8 Å². The molecule has 0 radical (unpaired) electrons. The fourth-order valence-corrected chi connectivity index (χ4v) is 4.12. The quantitative estimate of drug-likeness (QED) is 0.568. The zero-order valence-electron chi connectivity index (χ0n) is 18.8. The number of carboxylic acids is 1. The fraction of sp³-hybridized carbons (Fsp3) is 0.375. The number of nitrogens with one attached hydrogen (secondary N) is 1. The highest BCUT2D eigenvalue weighted by Gasteiger charge is 2.33. The molecule has 32 heavy (non-hydrogen) atoms. The highest BCUT2D eigenvalue weighted by atomic mass is 35.5. The molecule has 0 aliphatic heterocycles. The maximum absolute atomic E-state index is 12.5. The van der Waals surface area contributed by atoms with Crippen molar-refractivity contribution >= 4 is 27.6 Å². The second kappa shape index (κ2) is 10.4. The van der Waals surface area contributed by atoms with Crippen molar-refractivity contribution in [1.82, 2.24) is 4.72 Å². The Bertz CT molecular complexity index is 1160. The van der Waals surface area contributed by atoms with Gasteiger partial charge in [-0.2, -0.15) is 0 Å². The normalized spacial score (nSPS) is 12.6. The van der Waals surface area contributed by atoms with Gasteiger partial charge in [0, 0.05) is 22.5 Å². The van der Waals surface area contributed by atoms with Gasteiger partial charge in [0.15, 0.2) is 6.10 Å². The summed E-state index contributed by atoms with van der Waals surface area (Å²) in [6, 6.07) is 9.51. The van der Waals surface area contributed by atoms with Crippen molar-refractivity contribution in [2.24, 2.45) is 5.41 Å². The molecule has 8 heteroatoms. The van der Waals surface area contributed by atoms with E-state index in [1.165, 1.54) is 12.1 Å². The van der Waals surface area contributed by atoms with Gasteiger partial charge in [-0.25, -0.2) is 17.9 Å². The lowest BCUT2D eigenvalue weighted by atomic mass is 9.89. The predicted octanol–water partition coefficient (Wildman–Crippen LogP) is 4.61. The van der Waals surface area contributed by atoms with Gasteiger partial charge in [0.25, 0.3) is 0 Å². The average Bonchev–Trinajstić information content (AvgIpc) is 2.69. The maximum atomic E-state index is 12.5. The highest BCUT2D eigenvalue weighted by Crippen LogP contribution is 2.29. The minimum absolute atomic E-state index is 0.127. The largest absolute Gasteiger partial charge is 0.478 e. The summed E-state index contributed by atoms with van der Waals surface area (Å²) in [5.41, 5.74) is 1.08. The van der Waals surface area contributed by atoms with Gasteiger partial charge in [-0.05, 0) is 49.2 Å². The zero-order valence-corrected chi connectivity index (χ0v) is 20.4. The van der Waals surface area contributed by atoms with Crippen molar-refractivity contribution in [1.29, 1.82) is 0 Å². The van der Waals surface area contributed by atoms with Crippen LogP contribution < -0.4 is 9.46 Å². The Morgan fingerprint density at radius 2 is 1.81 bits per heavy atom. The molecule has 1 atom stereocenters. The van der Waals surface area contributed by atoms with Gasteiger partial charge in [0.1, 0.15) is 5.75 Å². The van der Waals surface area contributed by atoms with Crippen LogP contribution in [-0.4, -0.2) is 32.1 Å². The van der Waals surface area contributed by atoms with E-state index < -0.39 is 27.5 Å². The van der Waals surface area contributed by atoms with Gasteiger partial charge < -0.3 is 9.84 Å². The molecule has 1 unspecified atom stereocenters. The Morgan fingerprint density at radius 3 is 2.41 bits per heavy atom. The van der Waals surface area contributed by atoms with Gasteiger partial charge in [-0.1, -0.05) is 57.2 Å². The van der Waals surface area contributed by atoms with E-state index >= 15 is 0 Å². The maximum Gasteiger partial charge on any atom is 0.345 e. The van der Waals surface area contributed by atoms with Crippen LogP contribution in [0.5, 0.6) is 5.75 Å². The topological polar surface area (TPSA) is 92.7 Å². The number of hydrogen-bond acceptors (Lipinski definition) is 4. The molecule has 0 saturated carbocycles. The van der Waals surface area contributed by atoms with Crippen LogP contribution in [0.4, 0.5) is 0 Å². The molecule has 2 N–H and O–H groups in total. The number of sulfonamides is 1. The Hall–Kier alpha value is -2.53. The molecular weight excluding hydrogens is 450 g/mol. The second-order valence-corrected chi connectivity index (χ2v) is 10.7. The third-order valence-corrected chi connectivity index (χ3v) is 6.28. The summed E-state index contributed by atoms with van der Waals surface area (Å²) in [7, 11) is -3.63. The SMILES string of the molecule is CCCNS(=O)(=O)c1ccc(C)c(C#Cc2cc(Cl)ccc2OC(C(=O)O)C(C)(C)C)c1. The molecule has 0 heterocycles. The van der Waals surface area contributed by atoms with Gasteiger partial charge in [0.05, 0.1) is 10.5 Å². The first-order valence-corrected chi connectivity index (χ1v) is 12.0. The van der Waals surface area contributed by atoms with E-state index in [1.54, 1.807) is 45.0 Å². The Morgan fingerprint density at radius 1 is 1.16 bits per heavy atom. The number of halogens is 1. The minimum atomic E-state index is -3.63. The van der Waals surface area contributed by atoms with Gasteiger partial charge in [-0.3, -0.25) is 0 Å². The second-order valence-electron chi connectivity index (χ2n) is 8.47. The van der Waals surface area contributed by atoms with Gasteiger partial charge in [0.2, 0.25) is 10.0 Å². The standard InChI is InChI=1S/C24H28ClNO5S/c1-6-13-26-32(29,30)20-11-7-16(2)17(15-20)8-9-18-14-19(25)10-12-21(18)31-22(23(27)28)24(3,4)5/h7,10-12,14-15,22,26H,6,13H2,1-5H3,(H,27,28). The number of ether oxygens (including phenoxy) is 1. The molecule has 2 aromatic carbocycles. The Balaban J connectivity index is 2.47. The first-order chi connectivity index (χ1) is 14.8. The molecule has 172 valence electrons. The summed E-state index contributed by atoms with van der Waals surface area (Å²) in [6.45, 7) is 9.38. The van der Waals surface area contributed by atoms with Crippen molar-refractivity contribution in [3.8, 4) is 17.6 Å². The minimum Gasteiger partial charge on any atom is -0.478 e. The van der Waals surface area contributed by atoms with Crippen LogP contribution in [0.1, 0.15) is 50.8 Å². The van der Waals surface area contributed by atoms with Gasteiger partial charge >= 0.3 is 5.97 Å². The molecule has 2 aromatic rings. The molecule has 0 fully saturated rings. The molecule has 2 rings (SSSR count). The predicted molar refractivity (Wildman–Crippen MR) is 126 cm³/mol. The van der Waals surface area contributed by atoms with E-state index in [9.17, 15) is 18.3 Å². The summed E-state index contributed by atoms with van der Waals surface area (Å²) >= 11 is 6.13. The van der Waals surface area contributed by atoms with Crippen LogP contribution in [0.3, 0.4) is 0 Å². The zero-order chi connectivity index (χ0) is 24.1. The fourth-order valence-electron chi connectivity index (χ4n) is 2.78. The summed E-state index contributed by atoms with van der Waals surface area (Å²) in [5.74, 6) is 5.14. The number of carbonyl (C=O) groups is 1. The van der Waals surface area contributed by atoms with E-state index in [4.69, 9.17) is 16.3 Å². The lowest BCUT2D eigenvalue weighted by molar-refractivity contribution is -0.150. The number of aryl methyl sites for hydroxylation is 1. The molecule has 0 spiro atoms. The summed E-state index contributed by atoms with van der Waals surface area (Å²) in [6.07, 6.45) is -0.412. The molecule has 6 nitrogen and oxygen atoms in total. The van der Waals surface area contributed by atoms with Crippen LogP contribution in [0, 0.1) is 24.2 Å². The first kappa shape index (κ1) is 25.7. The van der Waals surface area contributed by atoms with Crippen LogP contribution in [-0.2, 0) is 14.8 Å². The molecule has 0 amide bonds. The van der Waals surface area contributed by atoms with Crippen LogP contribution >= 0.6 is 11.6 Å². The van der Waals surface area contributed by atoms with E-state index in [-0.39, 0.29) is 10.6 Å². The lowest BCUT2D eigenvalue weighted by Gasteiger charge is -2.28. The monoisotopic (exact) mass is 477 g/mol. The smallest absolute Gasteiger partial charge is 0.345 e. The van der Waals surface area contributed by atoms with Crippen LogP contribution in [0.25, 0.3) is 0 Å². The number of carboxylic acid groups (broad SMARTS) is 1. The number of benzene rings is 2. The highest BCUT2D eigenvalue weighted by molar-refractivity contribution is 7.89. The summed E-state index contributed by atoms with van der Waals surface area (Å²) in [4.78, 5) is 11.8. The molecule has 0 bridgehead atoms. The number of rotatable bonds is 7. The summed E-state index contributed by atoms with van der Waals surface area (Å²) < 4.78 is 33.2. The first-order valence-electron chi connectivity index (χ1n) is 10.2. The number of aliphatic carboxylic acids is 1. The van der Waals surface area contributed by atoms with Crippen LogP contribution in [0.15, 0.2) is 41.3 Å². The third kappa shape index (κ3) is 6.73.